The first-order valence-electron chi connectivity index (χ1n) is 5.10. The molecular formula is C10H13N5. The summed E-state index contributed by atoms with van der Waals surface area (Å²) in [7, 11) is 0. The zero-order chi connectivity index (χ0) is 10.4. The summed E-state index contributed by atoms with van der Waals surface area (Å²) >= 11 is 0. The Bertz CT molecular complexity index is 528. The Hall–Kier alpha value is -1.62. The number of nitrogens with two attached hydrogens (primary N) is 1. The molecule has 1 aliphatic heterocycles. The fourth-order valence-corrected chi connectivity index (χ4v) is 2.27. The number of aryl methyl sites for hydroxylation is 1. The molecule has 0 bridgehead atoms. The van der Waals surface area contributed by atoms with Gasteiger partial charge in [0.05, 0.1) is 5.39 Å². The predicted molar refractivity (Wildman–Crippen MR) is 58.4 cm³/mol. The fourth-order valence-electron chi connectivity index (χ4n) is 2.27. The average Bonchev–Trinajstić information content (AvgIpc) is 2.61. The summed E-state index contributed by atoms with van der Waals surface area (Å²) < 4.78 is 0. The third kappa shape index (κ3) is 1.13. The maximum Gasteiger partial charge on any atom is 0.183 e. The van der Waals surface area contributed by atoms with E-state index >= 15 is 0 Å². The maximum absolute atomic E-state index is 5.86. The lowest BCUT2D eigenvalue weighted by atomic mass is 9.97. The van der Waals surface area contributed by atoms with Crippen molar-refractivity contribution < 1.29 is 0 Å². The monoisotopic (exact) mass is 203 g/mol. The van der Waals surface area contributed by atoms with E-state index in [9.17, 15) is 0 Å². The summed E-state index contributed by atoms with van der Waals surface area (Å²) in [6.45, 7) is 3.91. The van der Waals surface area contributed by atoms with Crippen molar-refractivity contribution in [1.29, 1.82) is 0 Å². The Labute approximate surface area is 87.1 Å². The first-order valence-corrected chi connectivity index (χ1v) is 5.10. The molecule has 3 heterocycles. The molecule has 3 rings (SSSR count). The molecule has 0 spiro atoms. The first kappa shape index (κ1) is 8.67. The fraction of sp³-hybridized carbons (Fsp3) is 0.400. The number of hydrogen-bond donors (Lipinski definition) is 3. The van der Waals surface area contributed by atoms with Crippen LogP contribution in [0.25, 0.3) is 11.0 Å². The largest absolute Gasteiger partial charge is 0.384 e. The Morgan fingerprint density at radius 1 is 1.33 bits per heavy atom. The minimum absolute atomic E-state index is 0.623. The average molecular weight is 203 g/mol. The van der Waals surface area contributed by atoms with Gasteiger partial charge < -0.3 is 11.1 Å². The van der Waals surface area contributed by atoms with Gasteiger partial charge >= 0.3 is 0 Å². The lowest BCUT2D eigenvalue weighted by Gasteiger charge is -2.19. The summed E-state index contributed by atoms with van der Waals surface area (Å²) in [6.07, 6.45) is 1.02. The molecule has 0 aliphatic carbocycles. The van der Waals surface area contributed by atoms with Crippen molar-refractivity contribution in [2.75, 3.05) is 12.3 Å². The van der Waals surface area contributed by atoms with Gasteiger partial charge in [-0.25, -0.2) is 4.98 Å². The SMILES string of the molecule is Cc1nc2n[nH]c(N)c2c2c1CCNC2. The van der Waals surface area contributed by atoms with Crippen LogP contribution in [0.3, 0.4) is 0 Å². The van der Waals surface area contributed by atoms with Crippen LogP contribution in [-0.2, 0) is 13.0 Å². The Morgan fingerprint density at radius 3 is 3.07 bits per heavy atom. The summed E-state index contributed by atoms with van der Waals surface area (Å²) in [5.41, 5.74) is 10.3. The molecule has 0 unspecified atom stereocenters. The van der Waals surface area contributed by atoms with E-state index in [1.54, 1.807) is 0 Å². The molecule has 0 atom stereocenters. The number of hydrogen-bond acceptors (Lipinski definition) is 4. The van der Waals surface area contributed by atoms with Gasteiger partial charge in [-0.1, -0.05) is 0 Å². The van der Waals surface area contributed by atoms with Gasteiger partial charge in [-0.2, -0.15) is 5.10 Å². The molecule has 5 nitrogen and oxygen atoms in total. The van der Waals surface area contributed by atoms with Crippen molar-refractivity contribution in [1.82, 2.24) is 20.5 Å². The maximum atomic E-state index is 5.86. The molecule has 0 aromatic carbocycles. The zero-order valence-electron chi connectivity index (χ0n) is 8.59. The highest BCUT2D eigenvalue weighted by atomic mass is 15.2. The van der Waals surface area contributed by atoms with Crippen molar-refractivity contribution in [2.45, 2.75) is 19.9 Å². The van der Waals surface area contributed by atoms with Gasteiger partial charge in [0.15, 0.2) is 5.65 Å². The van der Waals surface area contributed by atoms with E-state index in [0.29, 0.717) is 5.82 Å². The smallest absolute Gasteiger partial charge is 0.183 e. The van der Waals surface area contributed by atoms with Gasteiger partial charge in [-0.05, 0) is 31.0 Å². The third-order valence-electron chi connectivity index (χ3n) is 3.01. The van der Waals surface area contributed by atoms with Crippen LogP contribution in [0, 0.1) is 6.92 Å². The third-order valence-corrected chi connectivity index (χ3v) is 3.01. The molecule has 0 saturated heterocycles. The standard InChI is InChI=1S/C10H13N5/c1-5-6-2-3-12-4-7(6)8-9(11)14-15-10(8)13-5/h12H,2-4H2,1H3,(H3,11,13,14,15). The molecule has 1 aliphatic rings. The number of nitrogens with one attached hydrogen (secondary N) is 2. The number of fused-ring (bicyclic) bond motifs is 3. The highest BCUT2D eigenvalue weighted by molar-refractivity contribution is 5.90. The van der Waals surface area contributed by atoms with Crippen molar-refractivity contribution >= 4 is 16.9 Å². The normalized spacial score (nSPS) is 15.5. The van der Waals surface area contributed by atoms with Crippen molar-refractivity contribution in [3.05, 3.63) is 16.8 Å². The Kier molecular flexibility index (Phi) is 1.70. The quantitative estimate of drug-likeness (QED) is 0.582. The first-order chi connectivity index (χ1) is 7.27. The minimum Gasteiger partial charge on any atom is -0.384 e. The van der Waals surface area contributed by atoms with Crippen LogP contribution in [0.2, 0.25) is 0 Å². The van der Waals surface area contributed by atoms with E-state index in [4.69, 9.17) is 5.73 Å². The molecular weight excluding hydrogens is 190 g/mol. The van der Waals surface area contributed by atoms with Crippen LogP contribution in [-0.4, -0.2) is 21.7 Å². The van der Waals surface area contributed by atoms with E-state index < -0.39 is 0 Å². The number of rotatable bonds is 0. The molecule has 4 N–H and O–H groups in total. The number of nitrogen functional groups attached to an aromatic ring is 1. The zero-order valence-corrected chi connectivity index (χ0v) is 8.59. The highest BCUT2D eigenvalue weighted by Gasteiger charge is 2.18. The van der Waals surface area contributed by atoms with Gasteiger partial charge in [0, 0.05) is 12.2 Å². The van der Waals surface area contributed by atoms with Crippen LogP contribution < -0.4 is 11.1 Å². The number of aromatic amines is 1. The highest BCUT2D eigenvalue weighted by Crippen LogP contribution is 2.27. The second-order valence-corrected chi connectivity index (χ2v) is 3.92. The van der Waals surface area contributed by atoms with E-state index in [1.807, 2.05) is 6.92 Å². The number of aromatic nitrogens is 3. The van der Waals surface area contributed by atoms with Crippen LogP contribution in [0.1, 0.15) is 16.8 Å². The summed E-state index contributed by atoms with van der Waals surface area (Å²) in [5.74, 6) is 0.623. The van der Waals surface area contributed by atoms with Crippen LogP contribution in [0.4, 0.5) is 5.82 Å². The number of anilines is 1. The van der Waals surface area contributed by atoms with E-state index in [2.05, 4.69) is 20.5 Å². The number of nitrogens with zero attached hydrogens (tertiary/aromatic N) is 2. The molecule has 0 radical (unpaired) electrons. The molecule has 0 fully saturated rings. The van der Waals surface area contributed by atoms with Crippen molar-refractivity contribution in [2.24, 2.45) is 0 Å². The lowest BCUT2D eigenvalue weighted by molar-refractivity contribution is 0.643. The molecule has 5 heteroatoms. The Morgan fingerprint density at radius 2 is 2.20 bits per heavy atom. The molecule has 78 valence electrons. The van der Waals surface area contributed by atoms with Crippen molar-refractivity contribution in [3.63, 3.8) is 0 Å². The topological polar surface area (TPSA) is 79.6 Å². The van der Waals surface area contributed by atoms with Gasteiger partial charge in [0.1, 0.15) is 5.82 Å². The van der Waals surface area contributed by atoms with Gasteiger partial charge in [-0.3, -0.25) is 5.10 Å². The molecule has 2 aromatic rings. The molecule has 15 heavy (non-hydrogen) atoms. The van der Waals surface area contributed by atoms with Gasteiger partial charge in [0.25, 0.3) is 0 Å². The molecule has 2 aromatic heterocycles. The number of H-pyrrole nitrogens is 1. The predicted octanol–water partition coefficient (Wildman–Crippen LogP) is 0.494. The van der Waals surface area contributed by atoms with Gasteiger partial charge in [0.2, 0.25) is 0 Å². The summed E-state index contributed by atoms with van der Waals surface area (Å²) in [6, 6.07) is 0. The summed E-state index contributed by atoms with van der Waals surface area (Å²) in [5, 5.41) is 11.2. The second-order valence-electron chi connectivity index (χ2n) is 3.92. The summed E-state index contributed by atoms with van der Waals surface area (Å²) in [4.78, 5) is 4.46. The molecule has 0 amide bonds. The van der Waals surface area contributed by atoms with E-state index in [0.717, 1.165) is 36.2 Å². The van der Waals surface area contributed by atoms with Crippen LogP contribution in [0.15, 0.2) is 0 Å². The van der Waals surface area contributed by atoms with Crippen LogP contribution >= 0.6 is 0 Å². The molecule has 0 saturated carbocycles. The van der Waals surface area contributed by atoms with Crippen molar-refractivity contribution in [3.8, 4) is 0 Å². The van der Waals surface area contributed by atoms with Crippen LogP contribution in [0.5, 0.6) is 0 Å². The lowest BCUT2D eigenvalue weighted by Crippen LogP contribution is -2.25. The van der Waals surface area contributed by atoms with Gasteiger partial charge in [-0.15, -0.1) is 0 Å². The Balaban J connectivity index is 2.42. The second kappa shape index (κ2) is 2.93. The van der Waals surface area contributed by atoms with E-state index in [-0.39, 0.29) is 0 Å². The number of pyridine rings is 1. The minimum atomic E-state index is 0.623. The van der Waals surface area contributed by atoms with E-state index in [1.165, 1.54) is 11.1 Å².